The van der Waals surface area contributed by atoms with Crippen LogP contribution in [0.1, 0.15) is 55.8 Å². The standard InChI is InChI=1S/C16H25N3O3/c1-4-6-8-14-16(21)18(3)9-10-19(14)15(20)13-11-12(7-5-2)22-17-13/h11,14H,4-10H2,1-3H3/t14-/m0/s1. The number of unbranched alkanes of at least 4 members (excludes halogenated alkanes) is 1. The van der Waals surface area contributed by atoms with Crippen LogP contribution in [0.3, 0.4) is 0 Å². The lowest BCUT2D eigenvalue weighted by molar-refractivity contribution is -0.138. The predicted octanol–water partition coefficient (Wildman–Crippen LogP) is 2.10. The summed E-state index contributed by atoms with van der Waals surface area (Å²) in [7, 11) is 1.79. The van der Waals surface area contributed by atoms with E-state index in [2.05, 4.69) is 12.1 Å². The van der Waals surface area contributed by atoms with Crippen LogP contribution in [0.5, 0.6) is 0 Å². The third kappa shape index (κ3) is 3.48. The number of hydrogen-bond acceptors (Lipinski definition) is 4. The lowest BCUT2D eigenvalue weighted by Gasteiger charge is -2.38. The van der Waals surface area contributed by atoms with Gasteiger partial charge in [-0.25, -0.2) is 0 Å². The number of aromatic nitrogens is 1. The summed E-state index contributed by atoms with van der Waals surface area (Å²) in [6.45, 7) is 5.24. The van der Waals surface area contributed by atoms with Gasteiger partial charge in [0.1, 0.15) is 11.8 Å². The summed E-state index contributed by atoms with van der Waals surface area (Å²) in [5, 5.41) is 3.88. The van der Waals surface area contributed by atoms with E-state index in [0.29, 0.717) is 25.2 Å². The summed E-state index contributed by atoms with van der Waals surface area (Å²) in [4.78, 5) is 28.4. The van der Waals surface area contributed by atoms with Crippen LogP contribution in [-0.4, -0.2) is 52.9 Å². The average Bonchev–Trinajstić information content (AvgIpc) is 2.97. The van der Waals surface area contributed by atoms with Crippen molar-refractivity contribution in [3.05, 3.63) is 17.5 Å². The van der Waals surface area contributed by atoms with E-state index in [1.54, 1.807) is 22.9 Å². The maximum Gasteiger partial charge on any atom is 0.276 e. The fraction of sp³-hybridized carbons (Fsp3) is 0.688. The molecule has 0 bridgehead atoms. The monoisotopic (exact) mass is 307 g/mol. The van der Waals surface area contributed by atoms with Gasteiger partial charge in [-0.2, -0.15) is 0 Å². The summed E-state index contributed by atoms with van der Waals surface area (Å²) < 4.78 is 5.19. The molecule has 1 aliphatic rings. The minimum Gasteiger partial charge on any atom is -0.361 e. The molecule has 1 saturated heterocycles. The number of hydrogen-bond donors (Lipinski definition) is 0. The van der Waals surface area contributed by atoms with Gasteiger partial charge >= 0.3 is 0 Å². The van der Waals surface area contributed by atoms with E-state index in [-0.39, 0.29) is 17.9 Å². The molecule has 2 heterocycles. The van der Waals surface area contributed by atoms with Gasteiger partial charge < -0.3 is 14.3 Å². The predicted molar refractivity (Wildman–Crippen MR) is 82.5 cm³/mol. The zero-order valence-corrected chi connectivity index (χ0v) is 13.7. The van der Waals surface area contributed by atoms with E-state index < -0.39 is 0 Å². The van der Waals surface area contributed by atoms with Crippen LogP contribution in [0, 0.1) is 0 Å². The third-order valence-corrected chi connectivity index (χ3v) is 4.08. The molecule has 1 aliphatic heterocycles. The van der Waals surface area contributed by atoms with E-state index in [0.717, 1.165) is 31.4 Å². The van der Waals surface area contributed by atoms with Crippen LogP contribution in [0.2, 0.25) is 0 Å². The highest BCUT2D eigenvalue weighted by Gasteiger charge is 2.36. The van der Waals surface area contributed by atoms with Crippen molar-refractivity contribution in [2.75, 3.05) is 20.1 Å². The molecular formula is C16H25N3O3. The van der Waals surface area contributed by atoms with Gasteiger partial charge in [0.25, 0.3) is 5.91 Å². The molecule has 0 aromatic carbocycles. The quantitative estimate of drug-likeness (QED) is 0.807. The van der Waals surface area contributed by atoms with Gasteiger partial charge in [-0.1, -0.05) is 31.8 Å². The lowest BCUT2D eigenvalue weighted by Crippen LogP contribution is -2.57. The Balaban J connectivity index is 2.15. The van der Waals surface area contributed by atoms with E-state index in [1.165, 1.54) is 0 Å². The molecule has 22 heavy (non-hydrogen) atoms. The molecule has 6 nitrogen and oxygen atoms in total. The molecule has 0 spiro atoms. The molecule has 1 fully saturated rings. The van der Waals surface area contributed by atoms with Crippen molar-refractivity contribution in [3.63, 3.8) is 0 Å². The Morgan fingerprint density at radius 3 is 2.82 bits per heavy atom. The first-order valence-corrected chi connectivity index (χ1v) is 8.10. The summed E-state index contributed by atoms with van der Waals surface area (Å²) in [6, 6.07) is 1.32. The van der Waals surface area contributed by atoms with Gasteiger partial charge in [0.15, 0.2) is 5.69 Å². The van der Waals surface area contributed by atoms with Crippen molar-refractivity contribution in [2.45, 2.75) is 52.0 Å². The molecule has 0 N–H and O–H groups in total. The lowest BCUT2D eigenvalue weighted by atomic mass is 10.0. The minimum atomic E-state index is -0.377. The topological polar surface area (TPSA) is 66.7 Å². The van der Waals surface area contributed by atoms with Gasteiger partial charge in [-0.15, -0.1) is 0 Å². The zero-order valence-electron chi connectivity index (χ0n) is 13.7. The van der Waals surface area contributed by atoms with E-state index in [4.69, 9.17) is 4.52 Å². The molecule has 122 valence electrons. The van der Waals surface area contributed by atoms with E-state index in [1.807, 2.05) is 6.92 Å². The number of likely N-dealkylation sites (N-methyl/N-ethyl adjacent to an activating group) is 1. The smallest absolute Gasteiger partial charge is 0.276 e. The second kappa shape index (κ2) is 7.42. The van der Waals surface area contributed by atoms with Crippen molar-refractivity contribution in [1.29, 1.82) is 0 Å². The Hall–Kier alpha value is -1.85. The van der Waals surface area contributed by atoms with Crippen molar-refractivity contribution in [1.82, 2.24) is 15.0 Å². The van der Waals surface area contributed by atoms with Crippen molar-refractivity contribution >= 4 is 11.8 Å². The second-order valence-corrected chi connectivity index (χ2v) is 5.84. The molecule has 1 aromatic heterocycles. The SMILES string of the molecule is CCCC[C@H]1C(=O)N(C)CCN1C(=O)c1cc(CCC)on1. The first-order valence-electron chi connectivity index (χ1n) is 8.10. The molecule has 2 rings (SSSR count). The minimum absolute atomic E-state index is 0.0188. The van der Waals surface area contributed by atoms with Gasteiger partial charge in [0, 0.05) is 32.6 Å². The normalized spacial score (nSPS) is 18.9. The number of carbonyl (C=O) groups is 2. The molecule has 1 aromatic rings. The molecule has 1 atom stereocenters. The van der Waals surface area contributed by atoms with E-state index >= 15 is 0 Å². The van der Waals surface area contributed by atoms with Gasteiger partial charge in [0.2, 0.25) is 5.91 Å². The van der Waals surface area contributed by atoms with Crippen LogP contribution >= 0.6 is 0 Å². The maximum atomic E-state index is 12.7. The molecule has 6 heteroatoms. The Bertz CT molecular complexity index is 526. The van der Waals surface area contributed by atoms with Crippen molar-refractivity contribution in [2.24, 2.45) is 0 Å². The van der Waals surface area contributed by atoms with E-state index in [9.17, 15) is 9.59 Å². The van der Waals surface area contributed by atoms with Crippen LogP contribution in [-0.2, 0) is 11.2 Å². The number of piperazine rings is 1. The van der Waals surface area contributed by atoms with Crippen LogP contribution in [0.15, 0.2) is 10.6 Å². The fourth-order valence-electron chi connectivity index (χ4n) is 2.76. The van der Waals surface area contributed by atoms with Crippen LogP contribution < -0.4 is 0 Å². The van der Waals surface area contributed by atoms with Crippen molar-refractivity contribution in [3.8, 4) is 0 Å². The summed E-state index contributed by atoms with van der Waals surface area (Å²) in [5.74, 6) is 0.537. The molecule has 0 unspecified atom stereocenters. The Kier molecular flexibility index (Phi) is 5.57. The molecule has 0 saturated carbocycles. The largest absolute Gasteiger partial charge is 0.361 e. The van der Waals surface area contributed by atoms with Gasteiger partial charge in [-0.3, -0.25) is 9.59 Å². The van der Waals surface area contributed by atoms with Gasteiger partial charge in [-0.05, 0) is 12.8 Å². The molecule has 0 aliphatic carbocycles. The highest BCUT2D eigenvalue weighted by Crippen LogP contribution is 2.19. The fourth-order valence-corrected chi connectivity index (χ4v) is 2.76. The van der Waals surface area contributed by atoms with Gasteiger partial charge in [0.05, 0.1) is 0 Å². The Morgan fingerprint density at radius 2 is 2.14 bits per heavy atom. The average molecular weight is 307 g/mol. The number of rotatable bonds is 6. The van der Waals surface area contributed by atoms with Crippen molar-refractivity contribution < 1.29 is 14.1 Å². The first kappa shape index (κ1) is 16.5. The Labute approximate surface area is 131 Å². The van der Waals surface area contributed by atoms with Crippen LogP contribution in [0.4, 0.5) is 0 Å². The number of aryl methyl sites for hydroxylation is 1. The van der Waals surface area contributed by atoms with Crippen LogP contribution in [0.25, 0.3) is 0 Å². The summed E-state index contributed by atoms with van der Waals surface area (Å²) >= 11 is 0. The highest BCUT2D eigenvalue weighted by atomic mass is 16.5. The number of amides is 2. The maximum absolute atomic E-state index is 12.7. The third-order valence-electron chi connectivity index (χ3n) is 4.08. The first-order chi connectivity index (χ1) is 10.6. The number of nitrogens with zero attached hydrogens (tertiary/aromatic N) is 3. The molecule has 0 radical (unpaired) electrons. The summed E-state index contributed by atoms with van der Waals surface area (Å²) in [6.07, 6.45) is 4.33. The second-order valence-electron chi connectivity index (χ2n) is 5.84. The Morgan fingerprint density at radius 1 is 1.36 bits per heavy atom. The highest BCUT2D eigenvalue weighted by molar-refractivity contribution is 5.96. The molecular weight excluding hydrogens is 282 g/mol. The zero-order chi connectivity index (χ0) is 16.1. The molecule has 2 amide bonds. The number of carbonyl (C=O) groups excluding carboxylic acids is 2. The summed E-state index contributed by atoms with van der Waals surface area (Å²) in [5.41, 5.74) is 0.308.